The van der Waals surface area contributed by atoms with Crippen molar-refractivity contribution in [3.05, 3.63) is 29.3 Å². The Balaban J connectivity index is 2.16. The molecule has 1 aliphatic rings. The van der Waals surface area contributed by atoms with Crippen LogP contribution in [0.3, 0.4) is 0 Å². The van der Waals surface area contributed by atoms with Gasteiger partial charge < -0.3 is 5.11 Å². The molecule has 1 aromatic carbocycles. The standard InChI is InChI=1S/C17H26N2O4S/c1-13-7-8-14(16(20)21)11-15(13)24(22,23)18-12-17(2,3)19-9-5-4-6-10-19/h7-8,11,18H,4-6,9-10,12H2,1-3H3,(H,20,21). The van der Waals surface area contributed by atoms with E-state index in [1.807, 2.05) is 13.8 Å². The van der Waals surface area contributed by atoms with Gasteiger partial charge in [-0.3, -0.25) is 4.90 Å². The summed E-state index contributed by atoms with van der Waals surface area (Å²) in [5.74, 6) is -1.14. The highest BCUT2D eigenvalue weighted by Crippen LogP contribution is 2.22. The predicted molar refractivity (Wildman–Crippen MR) is 92.8 cm³/mol. The molecule has 0 aromatic heterocycles. The minimum atomic E-state index is -3.76. The second-order valence-corrected chi connectivity index (χ2v) is 8.71. The summed E-state index contributed by atoms with van der Waals surface area (Å²) in [5, 5.41) is 9.07. The average molecular weight is 354 g/mol. The van der Waals surface area contributed by atoms with Crippen LogP contribution in [0.15, 0.2) is 23.1 Å². The number of carbonyl (C=O) groups is 1. The molecule has 0 radical (unpaired) electrons. The molecule has 7 heteroatoms. The number of carboxylic acid groups (broad SMARTS) is 1. The Morgan fingerprint density at radius 3 is 2.46 bits per heavy atom. The molecule has 0 saturated carbocycles. The van der Waals surface area contributed by atoms with Crippen LogP contribution in [0.25, 0.3) is 0 Å². The summed E-state index contributed by atoms with van der Waals surface area (Å²) < 4.78 is 27.9. The Kier molecular flexibility index (Phi) is 5.67. The first-order valence-corrected chi connectivity index (χ1v) is 9.70. The lowest BCUT2D eigenvalue weighted by Gasteiger charge is -2.41. The molecule has 0 amide bonds. The summed E-state index contributed by atoms with van der Waals surface area (Å²) in [6.45, 7) is 7.95. The molecule has 0 unspecified atom stereocenters. The van der Waals surface area contributed by atoms with Gasteiger partial charge >= 0.3 is 5.97 Å². The van der Waals surface area contributed by atoms with E-state index in [1.54, 1.807) is 6.92 Å². The molecular formula is C17H26N2O4S. The summed E-state index contributed by atoms with van der Waals surface area (Å²) in [6.07, 6.45) is 3.49. The van der Waals surface area contributed by atoms with Gasteiger partial charge in [-0.15, -0.1) is 0 Å². The van der Waals surface area contributed by atoms with E-state index in [1.165, 1.54) is 24.6 Å². The molecule has 0 bridgehead atoms. The molecule has 0 spiro atoms. The topological polar surface area (TPSA) is 86.7 Å². The summed E-state index contributed by atoms with van der Waals surface area (Å²) in [7, 11) is -3.76. The third-order valence-corrected chi connectivity index (χ3v) is 6.17. The van der Waals surface area contributed by atoms with Crippen LogP contribution in [0.5, 0.6) is 0 Å². The highest BCUT2D eigenvalue weighted by atomic mass is 32.2. The molecule has 0 aliphatic carbocycles. The Morgan fingerprint density at radius 2 is 1.88 bits per heavy atom. The molecule has 1 fully saturated rings. The molecule has 1 heterocycles. The zero-order valence-corrected chi connectivity index (χ0v) is 15.3. The van der Waals surface area contributed by atoms with Crippen LogP contribution < -0.4 is 4.72 Å². The monoisotopic (exact) mass is 354 g/mol. The number of nitrogens with one attached hydrogen (secondary N) is 1. The summed E-state index contributed by atoms with van der Waals surface area (Å²) in [5.41, 5.74) is 0.214. The van der Waals surface area contributed by atoms with Crippen LogP contribution in [0.2, 0.25) is 0 Å². The first kappa shape index (κ1) is 18.9. The van der Waals surface area contributed by atoms with E-state index in [2.05, 4.69) is 9.62 Å². The number of benzene rings is 1. The van der Waals surface area contributed by atoms with E-state index < -0.39 is 16.0 Å². The zero-order valence-electron chi connectivity index (χ0n) is 14.5. The van der Waals surface area contributed by atoms with Gasteiger partial charge in [-0.05, 0) is 64.4 Å². The van der Waals surface area contributed by atoms with Crippen LogP contribution in [0.1, 0.15) is 49.0 Å². The first-order chi connectivity index (χ1) is 11.1. The van der Waals surface area contributed by atoms with Crippen LogP contribution in [0, 0.1) is 6.92 Å². The molecule has 134 valence electrons. The van der Waals surface area contributed by atoms with Crippen molar-refractivity contribution in [3.8, 4) is 0 Å². The van der Waals surface area contributed by atoms with E-state index in [0.717, 1.165) is 25.9 Å². The second kappa shape index (κ2) is 7.21. The smallest absolute Gasteiger partial charge is 0.335 e. The SMILES string of the molecule is Cc1ccc(C(=O)O)cc1S(=O)(=O)NCC(C)(C)N1CCCCC1. The molecular weight excluding hydrogens is 328 g/mol. The third-order valence-electron chi connectivity index (χ3n) is 4.63. The van der Waals surface area contributed by atoms with Crippen molar-refractivity contribution in [1.82, 2.24) is 9.62 Å². The number of likely N-dealkylation sites (tertiary alicyclic amines) is 1. The van der Waals surface area contributed by atoms with Gasteiger partial charge in [0.25, 0.3) is 0 Å². The van der Waals surface area contributed by atoms with E-state index in [4.69, 9.17) is 5.11 Å². The van der Waals surface area contributed by atoms with E-state index in [-0.39, 0.29) is 22.5 Å². The number of aromatic carboxylic acids is 1. The number of aryl methyl sites for hydroxylation is 1. The van der Waals surface area contributed by atoms with Crippen molar-refractivity contribution < 1.29 is 18.3 Å². The molecule has 0 atom stereocenters. The van der Waals surface area contributed by atoms with Gasteiger partial charge in [0.1, 0.15) is 0 Å². The highest BCUT2D eigenvalue weighted by Gasteiger charge is 2.30. The van der Waals surface area contributed by atoms with Gasteiger partial charge in [0, 0.05) is 12.1 Å². The van der Waals surface area contributed by atoms with Gasteiger partial charge in [0.2, 0.25) is 10.0 Å². The fourth-order valence-corrected chi connectivity index (χ4v) is 4.46. The fourth-order valence-electron chi connectivity index (χ4n) is 2.98. The maximum Gasteiger partial charge on any atom is 0.335 e. The Bertz CT molecular complexity index is 707. The number of rotatable bonds is 6. The van der Waals surface area contributed by atoms with E-state index in [0.29, 0.717) is 5.56 Å². The van der Waals surface area contributed by atoms with Crippen molar-refractivity contribution >= 4 is 16.0 Å². The highest BCUT2D eigenvalue weighted by molar-refractivity contribution is 7.89. The molecule has 2 rings (SSSR count). The van der Waals surface area contributed by atoms with Crippen molar-refractivity contribution in [1.29, 1.82) is 0 Å². The quantitative estimate of drug-likeness (QED) is 0.818. The predicted octanol–water partition coefficient (Wildman–Crippen LogP) is 2.24. The minimum absolute atomic E-state index is 0.0249. The Hall–Kier alpha value is -1.44. The maximum atomic E-state index is 12.6. The van der Waals surface area contributed by atoms with Crippen LogP contribution in [-0.2, 0) is 10.0 Å². The van der Waals surface area contributed by atoms with Gasteiger partial charge in [0.05, 0.1) is 10.5 Å². The van der Waals surface area contributed by atoms with Gasteiger partial charge in [-0.2, -0.15) is 0 Å². The summed E-state index contributed by atoms with van der Waals surface area (Å²) in [6, 6.07) is 4.15. The average Bonchev–Trinajstić information content (AvgIpc) is 2.54. The lowest BCUT2D eigenvalue weighted by molar-refractivity contribution is 0.0696. The molecule has 1 aliphatic heterocycles. The van der Waals surface area contributed by atoms with Gasteiger partial charge in [-0.25, -0.2) is 17.9 Å². The second-order valence-electron chi connectivity index (χ2n) is 6.97. The fraction of sp³-hybridized carbons (Fsp3) is 0.588. The van der Waals surface area contributed by atoms with Gasteiger partial charge in [-0.1, -0.05) is 12.5 Å². The van der Waals surface area contributed by atoms with Gasteiger partial charge in [0.15, 0.2) is 0 Å². The summed E-state index contributed by atoms with van der Waals surface area (Å²) in [4.78, 5) is 13.4. The normalized spacial score (nSPS) is 17.0. The maximum absolute atomic E-state index is 12.6. The molecule has 24 heavy (non-hydrogen) atoms. The minimum Gasteiger partial charge on any atom is -0.478 e. The third kappa shape index (κ3) is 4.34. The van der Waals surface area contributed by atoms with Crippen LogP contribution >= 0.6 is 0 Å². The van der Waals surface area contributed by atoms with E-state index >= 15 is 0 Å². The zero-order chi connectivity index (χ0) is 18.0. The number of hydrogen-bond acceptors (Lipinski definition) is 4. The Morgan fingerprint density at radius 1 is 1.25 bits per heavy atom. The lowest BCUT2D eigenvalue weighted by atomic mass is 9.99. The van der Waals surface area contributed by atoms with Crippen molar-refractivity contribution in [2.75, 3.05) is 19.6 Å². The summed E-state index contributed by atoms with van der Waals surface area (Å²) >= 11 is 0. The molecule has 1 aromatic rings. The number of piperidine rings is 1. The first-order valence-electron chi connectivity index (χ1n) is 8.22. The largest absolute Gasteiger partial charge is 0.478 e. The van der Waals surface area contributed by atoms with Crippen molar-refractivity contribution in [2.24, 2.45) is 0 Å². The van der Waals surface area contributed by atoms with Crippen molar-refractivity contribution in [3.63, 3.8) is 0 Å². The number of nitrogens with zero attached hydrogens (tertiary/aromatic N) is 1. The van der Waals surface area contributed by atoms with Crippen LogP contribution in [-0.4, -0.2) is 49.6 Å². The van der Waals surface area contributed by atoms with Crippen LogP contribution in [0.4, 0.5) is 0 Å². The Labute approximate surface area is 143 Å². The van der Waals surface area contributed by atoms with Crippen molar-refractivity contribution in [2.45, 2.75) is 50.5 Å². The number of carboxylic acids is 1. The molecule has 6 nitrogen and oxygen atoms in total. The number of hydrogen-bond donors (Lipinski definition) is 2. The molecule has 1 saturated heterocycles. The van der Waals surface area contributed by atoms with E-state index in [9.17, 15) is 13.2 Å². The number of sulfonamides is 1. The molecule has 2 N–H and O–H groups in total. The lowest BCUT2D eigenvalue weighted by Crippen LogP contribution is -2.53.